The minimum Gasteiger partial charge on any atom is -0.491 e. The summed E-state index contributed by atoms with van der Waals surface area (Å²) < 4.78 is 27.3. The van der Waals surface area contributed by atoms with E-state index in [9.17, 15) is 14.4 Å². The molecule has 34 heavy (non-hydrogen) atoms. The molecule has 1 rings (SSSR count). The van der Waals surface area contributed by atoms with Crippen molar-refractivity contribution in [2.45, 2.75) is 116 Å². The number of ether oxygens (including phenoxy) is 2. The standard InChI is InChI=1S/C27H49O6P/c1-2-3-4-5-6-7-8-9-10-11-12-13-14-15-17-22-27(33-34(28,29)30)25-31-23-24-32-26-20-18-16-19-21-26/h16,18-21,27H,2-15,17,22-25H2,1H3,(H2,28,29,30). The summed E-state index contributed by atoms with van der Waals surface area (Å²) in [5.41, 5.74) is 0. The lowest BCUT2D eigenvalue weighted by Gasteiger charge is -2.18. The fraction of sp³-hybridized carbons (Fsp3) is 0.778. The van der Waals surface area contributed by atoms with E-state index in [4.69, 9.17) is 14.0 Å². The van der Waals surface area contributed by atoms with Gasteiger partial charge in [0.25, 0.3) is 0 Å². The Morgan fingerprint density at radius 3 is 1.74 bits per heavy atom. The van der Waals surface area contributed by atoms with Crippen molar-refractivity contribution in [2.24, 2.45) is 0 Å². The summed E-state index contributed by atoms with van der Waals surface area (Å²) >= 11 is 0. The summed E-state index contributed by atoms with van der Waals surface area (Å²) in [5.74, 6) is 0.770. The smallest absolute Gasteiger partial charge is 0.469 e. The average molecular weight is 501 g/mol. The molecule has 0 bridgehead atoms. The highest BCUT2D eigenvalue weighted by atomic mass is 31.2. The summed E-state index contributed by atoms with van der Waals surface area (Å²) in [6.45, 7) is 3.14. The van der Waals surface area contributed by atoms with Crippen molar-refractivity contribution in [1.29, 1.82) is 0 Å². The van der Waals surface area contributed by atoms with Gasteiger partial charge in [0.2, 0.25) is 0 Å². The number of unbranched alkanes of at least 4 members (excludes halogenated alkanes) is 14. The molecule has 7 heteroatoms. The Balaban J connectivity index is 1.99. The fourth-order valence-electron chi connectivity index (χ4n) is 4.05. The third-order valence-corrected chi connectivity index (χ3v) is 6.53. The fourth-order valence-corrected chi connectivity index (χ4v) is 4.61. The zero-order chi connectivity index (χ0) is 24.7. The molecule has 1 atom stereocenters. The number of phosphoric acid groups is 1. The largest absolute Gasteiger partial charge is 0.491 e. The highest BCUT2D eigenvalue weighted by Crippen LogP contribution is 2.38. The molecular formula is C27H49O6P. The van der Waals surface area contributed by atoms with Crippen molar-refractivity contribution >= 4 is 7.82 Å². The highest BCUT2D eigenvalue weighted by Gasteiger charge is 2.22. The second kappa shape index (κ2) is 21.4. The van der Waals surface area contributed by atoms with Crippen molar-refractivity contribution in [1.82, 2.24) is 0 Å². The molecule has 0 spiro atoms. The summed E-state index contributed by atoms with van der Waals surface area (Å²) in [7, 11) is -4.53. The second-order valence-electron chi connectivity index (χ2n) is 9.19. The number of rotatable bonds is 24. The van der Waals surface area contributed by atoms with Gasteiger partial charge in [0.05, 0.1) is 19.3 Å². The van der Waals surface area contributed by atoms with Crippen molar-refractivity contribution < 1.29 is 28.3 Å². The molecule has 1 unspecified atom stereocenters. The summed E-state index contributed by atoms with van der Waals surface area (Å²) in [4.78, 5) is 18.3. The summed E-state index contributed by atoms with van der Waals surface area (Å²) in [6.07, 6.45) is 19.3. The first kappa shape index (κ1) is 31.1. The summed E-state index contributed by atoms with van der Waals surface area (Å²) in [6, 6.07) is 9.46. The maximum absolute atomic E-state index is 11.3. The Hall–Kier alpha value is -0.910. The molecule has 198 valence electrons. The molecule has 1 aromatic carbocycles. The van der Waals surface area contributed by atoms with Crippen LogP contribution in [-0.4, -0.2) is 35.7 Å². The van der Waals surface area contributed by atoms with E-state index in [1.54, 1.807) is 0 Å². The second-order valence-corrected chi connectivity index (χ2v) is 10.4. The number of phosphoric ester groups is 1. The van der Waals surface area contributed by atoms with Crippen molar-refractivity contribution in [3.63, 3.8) is 0 Å². The quantitative estimate of drug-likeness (QED) is 0.111. The number of hydrogen-bond donors (Lipinski definition) is 2. The first-order valence-corrected chi connectivity index (χ1v) is 15.0. The number of hydrogen-bond acceptors (Lipinski definition) is 4. The van der Waals surface area contributed by atoms with Crippen LogP contribution in [0.1, 0.15) is 110 Å². The van der Waals surface area contributed by atoms with Gasteiger partial charge < -0.3 is 19.3 Å². The van der Waals surface area contributed by atoms with E-state index in [0.29, 0.717) is 19.6 Å². The molecule has 0 amide bonds. The van der Waals surface area contributed by atoms with E-state index < -0.39 is 13.9 Å². The lowest BCUT2D eigenvalue weighted by Crippen LogP contribution is -2.21. The van der Waals surface area contributed by atoms with Gasteiger partial charge in [-0.2, -0.15) is 0 Å². The number of benzene rings is 1. The van der Waals surface area contributed by atoms with Crippen LogP contribution in [0.5, 0.6) is 5.75 Å². The summed E-state index contributed by atoms with van der Waals surface area (Å²) in [5, 5.41) is 0. The third-order valence-electron chi connectivity index (χ3n) is 5.96. The molecular weight excluding hydrogens is 451 g/mol. The highest BCUT2D eigenvalue weighted by molar-refractivity contribution is 7.46. The minimum absolute atomic E-state index is 0.155. The van der Waals surface area contributed by atoms with Crippen LogP contribution in [0.25, 0.3) is 0 Å². The molecule has 6 nitrogen and oxygen atoms in total. The van der Waals surface area contributed by atoms with Gasteiger partial charge in [0, 0.05) is 0 Å². The van der Waals surface area contributed by atoms with E-state index in [0.717, 1.165) is 25.0 Å². The van der Waals surface area contributed by atoms with Crippen molar-refractivity contribution in [3.05, 3.63) is 30.3 Å². The van der Waals surface area contributed by atoms with Gasteiger partial charge in [-0.1, -0.05) is 121 Å². The molecule has 0 aliphatic heterocycles. The Labute approximate surface area is 208 Å². The lowest BCUT2D eigenvalue weighted by atomic mass is 10.0. The van der Waals surface area contributed by atoms with Crippen molar-refractivity contribution in [3.8, 4) is 5.75 Å². The van der Waals surface area contributed by atoms with Crippen LogP contribution in [0.15, 0.2) is 30.3 Å². The average Bonchev–Trinajstić information content (AvgIpc) is 2.81. The molecule has 0 saturated heterocycles. The van der Waals surface area contributed by atoms with Gasteiger partial charge in [-0.25, -0.2) is 4.57 Å². The van der Waals surface area contributed by atoms with Gasteiger partial charge in [0.1, 0.15) is 12.4 Å². The van der Waals surface area contributed by atoms with E-state index in [1.807, 2.05) is 30.3 Å². The molecule has 2 N–H and O–H groups in total. The minimum atomic E-state index is -4.53. The Bertz CT molecular complexity index is 606. The van der Waals surface area contributed by atoms with E-state index in [2.05, 4.69) is 6.92 Å². The van der Waals surface area contributed by atoms with Crippen molar-refractivity contribution in [2.75, 3.05) is 19.8 Å². The molecule has 0 aromatic heterocycles. The van der Waals surface area contributed by atoms with Crippen LogP contribution < -0.4 is 4.74 Å². The van der Waals surface area contributed by atoms with Crippen LogP contribution in [0.3, 0.4) is 0 Å². The Morgan fingerprint density at radius 2 is 1.24 bits per heavy atom. The molecule has 0 aliphatic carbocycles. The molecule has 0 radical (unpaired) electrons. The zero-order valence-corrected chi connectivity index (χ0v) is 22.3. The van der Waals surface area contributed by atoms with Crippen LogP contribution in [0, 0.1) is 0 Å². The molecule has 0 aliphatic rings. The number of para-hydroxylation sites is 1. The van der Waals surface area contributed by atoms with Gasteiger partial charge in [-0.05, 0) is 18.6 Å². The van der Waals surface area contributed by atoms with E-state index >= 15 is 0 Å². The van der Waals surface area contributed by atoms with Crippen LogP contribution in [0.2, 0.25) is 0 Å². The topological polar surface area (TPSA) is 85.2 Å². The van der Waals surface area contributed by atoms with Crippen LogP contribution in [-0.2, 0) is 13.8 Å². The molecule has 0 fully saturated rings. The van der Waals surface area contributed by atoms with E-state index in [1.165, 1.54) is 77.0 Å². The van der Waals surface area contributed by atoms with Crippen LogP contribution >= 0.6 is 7.82 Å². The molecule has 0 saturated carbocycles. The first-order chi connectivity index (χ1) is 16.5. The van der Waals surface area contributed by atoms with Gasteiger partial charge in [0.15, 0.2) is 0 Å². The first-order valence-electron chi connectivity index (χ1n) is 13.5. The zero-order valence-electron chi connectivity index (χ0n) is 21.4. The predicted octanol–water partition coefficient (Wildman–Crippen LogP) is 7.82. The molecule has 0 heterocycles. The molecule has 1 aromatic rings. The maximum atomic E-state index is 11.3. The Morgan fingerprint density at radius 1 is 0.735 bits per heavy atom. The lowest BCUT2D eigenvalue weighted by molar-refractivity contribution is 0.0182. The van der Waals surface area contributed by atoms with Gasteiger partial charge in [-0.15, -0.1) is 0 Å². The SMILES string of the molecule is CCCCCCCCCCCCCCCCCC(COCCOc1ccccc1)OP(=O)(O)O. The van der Waals surface area contributed by atoms with E-state index in [-0.39, 0.29) is 6.61 Å². The Kier molecular flexibility index (Phi) is 19.6. The third kappa shape index (κ3) is 20.5. The van der Waals surface area contributed by atoms with Gasteiger partial charge >= 0.3 is 7.82 Å². The van der Waals surface area contributed by atoms with Crippen LogP contribution in [0.4, 0.5) is 0 Å². The monoisotopic (exact) mass is 500 g/mol. The maximum Gasteiger partial charge on any atom is 0.469 e. The predicted molar refractivity (Wildman–Crippen MR) is 139 cm³/mol. The van der Waals surface area contributed by atoms with Gasteiger partial charge in [-0.3, -0.25) is 4.52 Å². The normalized spacial score (nSPS) is 12.7.